The van der Waals surface area contributed by atoms with E-state index in [2.05, 4.69) is 31.2 Å². The predicted molar refractivity (Wildman–Crippen MR) is 239 cm³/mol. The van der Waals surface area contributed by atoms with Crippen LogP contribution in [0.3, 0.4) is 0 Å². The largest absolute Gasteiger partial charge is 0.508 e. The van der Waals surface area contributed by atoms with E-state index in [1.807, 2.05) is 53.5 Å². The number of hydrazine groups is 1. The highest BCUT2D eigenvalue weighted by atomic mass is 32.1. The van der Waals surface area contributed by atoms with E-state index in [9.17, 15) is 38.7 Å². The monoisotopic (exact) mass is 915 g/mol. The number of phenolic OH excluding ortho intramolecular Hbond substituents is 1. The Morgan fingerprint density at radius 1 is 0.969 bits per heavy atom. The highest BCUT2D eigenvalue weighted by Gasteiger charge is 2.39. The Labute approximate surface area is 380 Å². The molecule has 0 saturated carbocycles. The van der Waals surface area contributed by atoms with Crippen LogP contribution in [0.2, 0.25) is 0 Å². The first-order valence-electron chi connectivity index (χ1n) is 22.1. The van der Waals surface area contributed by atoms with Crippen LogP contribution in [0.15, 0.2) is 29.6 Å². The fourth-order valence-electron chi connectivity index (χ4n) is 7.48. The number of thiazole rings is 1. The molecule has 2 heterocycles. The number of hydrogen-bond donors (Lipinski definition) is 5. The van der Waals surface area contributed by atoms with E-state index in [0.717, 1.165) is 43.4 Å². The maximum atomic E-state index is 14.9. The molecule has 7 atom stereocenters. The fourth-order valence-corrected chi connectivity index (χ4v) is 8.32. The minimum Gasteiger partial charge on any atom is -0.508 e. The number of aromatic nitrogens is 1. The molecule has 3 rings (SSSR count). The van der Waals surface area contributed by atoms with E-state index in [1.165, 1.54) is 29.3 Å². The molecule has 0 bridgehead atoms. The van der Waals surface area contributed by atoms with E-state index in [4.69, 9.17) is 9.47 Å². The van der Waals surface area contributed by atoms with Crippen LogP contribution in [0.1, 0.15) is 127 Å². The van der Waals surface area contributed by atoms with Crippen LogP contribution in [0.25, 0.3) is 0 Å². The molecule has 1 aromatic heterocycles. The molecule has 64 heavy (non-hydrogen) atoms. The third-order valence-electron chi connectivity index (χ3n) is 11.3. The van der Waals surface area contributed by atoms with Crippen molar-refractivity contribution in [3.8, 4) is 5.75 Å². The number of amides is 5. The molecular formula is C45H69N7O11S. The number of likely N-dealkylation sites (tertiary alicyclic amines) is 1. The number of likely N-dealkylation sites (N-methyl/N-ethyl adjacent to an activating group) is 1. The summed E-state index contributed by atoms with van der Waals surface area (Å²) < 4.78 is 16.1. The predicted octanol–water partition coefficient (Wildman–Crippen LogP) is 5.01. The van der Waals surface area contributed by atoms with Crippen LogP contribution in [0.4, 0.5) is 4.79 Å². The number of esters is 2. The summed E-state index contributed by atoms with van der Waals surface area (Å²) >= 11 is 1.09. The first-order chi connectivity index (χ1) is 30.2. The zero-order valence-electron chi connectivity index (χ0n) is 38.9. The zero-order chi connectivity index (χ0) is 47.7. The van der Waals surface area contributed by atoms with Gasteiger partial charge in [0.05, 0.1) is 13.2 Å². The molecule has 19 heteroatoms. The van der Waals surface area contributed by atoms with Gasteiger partial charge in [-0.1, -0.05) is 73.4 Å². The van der Waals surface area contributed by atoms with Gasteiger partial charge >= 0.3 is 18.0 Å². The highest BCUT2D eigenvalue weighted by molar-refractivity contribution is 7.09. The summed E-state index contributed by atoms with van der Waals surface area (Å²) in [5.41, 5.74) is 5.21. The van der Waals surface area contributed by atoms with Crippen molar-refractivity contribution >= 4 is 53.0 Å². The average molecular weight is 916 g/mol. The Morgan fingerprint density at radius 3 is 2.25 bits per heavy atom. The smallest absolute Gasteiger partial charge is 0.425 e. The molecule has 0 aliphatic carbocycles. The van der Waals surface area contributed by atoms with Gasteiger partial charge in [-0.15, -0.1) is 11.3 Å². The molecule has 2 aromatic rings. The number of nitrogens with one attached hydrogen (secondary N) is 4. The van der Waals surface area contributed by atoms with Crippen LogP contribution in [-0.2, 0) is 44.6 Å². The average Bonchev–Trinajstić information content (AvgIpc) is 3.74. The molecule has 1 aliphatic heterocycles. The minimum absolute atomic E-state index is 0.00292. The number of piperidine rings is 1. The van der Waals surface area contributed by atoms with Crippen LogP contribution in [-0.4, -0.2) is 113 Å². The Balaban J connectivity index is 1.96. The number of aromatic hydroxyl groups is 1. The summed E-state index contributed by atoms with van der Waals surface area (Å²) in [6, 6.07) is 3.75. The second kappa shape index (κ2) is 25.9. The number of carbonyl (C=O) groups is 7. The SMILES string of the molecule is CCC(C)[C@H](NC(=O)[C@H]1CCCCN1C)C(=O)N(COC(=O)CC(C)C)[C@H](C[C@@H](OC(C)=O)c1nc(C(=O)N[C@@H](Cc2ccc(O)cc2)C[C@H](C)C(=O)NNC(=O)OC)cs1)C(C)C. The molecule has 1 aliphatic rings. The van der Waals surface area contributed by atoms with Crippen LogP contribution < -0.4 is 21.5 Å². The standard InChI is InChI=1S/C45H69N7O11S/c1-11-28(6)39(48-42(58)35-14-12-13-19-51(35)9)44(59)52(25-62-38(55)20-26(2)3)36(27(4)5)23-37(63-30(8)53)43-47-34(24-64-43)41(57)46-32(22-31-15-17-33(54)18-16-31)21-29(7)40(56)49-50-45(60)61-10/h15-18,24,26-29,32,35-37,39,54H,11-14,19-23,25H2,1-10H3,(H,46,57)(H,48,58)(H,49,56)(H,50,60)/t28?,29-,32+,35+,36+,37+,39-/m0/s1. The summed E-state index contributed by atoms with van der Waals surface area (Å²) in [7, 11) is 3.05. The van der Waals surface area contributed by atoms with Crippen molar-refractivity contribution in [2.45, 2.75) is 137 Å². The number of carbonyl (C=O) groups excluding carboxylic acids is 7. The van der Waals surface area contributed by atoms with Gasteiger partial charge in [0.2, 0.25) is 17.7 Å². The molecule has 0 spiro atoms. The molecule has 1 saturated heterocycles. The number of ether oxygens (including phenoxy) is 3. The lowest BCUT2D eigenvalue weighted by Crippen LogP contribution is -2.59. The maximum absolute atomic E-state index is 14.9. The molecule has 0 radical (unpaired) electrons. The van der Waals surface area contributed by atoms with Gasteiger partial charge in [-0.3, -0.25) is 39.1 Å². The second-order valence-corrected chi connectivity index (χ2v) is 18.3. The van der Waals surface area contributed by atoms with Gasteiger partial charge < -0.3 is 34.9 Å². The van der Waals surface area contributed by atoms with E-state index in [1.54, 1.807) is 19.1 Å². The Morgan fingerprint density at radius 2 is 1.66 bits per heavy atom. The van der Waals surface area contributed by atoms with E-state index in [0.29, 0.717) is 12.8 Å². The molecule has 5 amide bonds. The van der Waals surface area contributed by atoms with Gasteiger partial charge in [0.1, 0.15) is 22.5 Å². The number of phenols is 1. The molecule has 1 aromatic carbocycles. The van der Waals surface area contributed by atoms with Crippen LogP contribution in [0, 0.1) is 23.7 Å². The Kier molecular flexibility index (Phi) is 21.4. The summed E-state index contributed by atoms with van der Waals surface area (Å²) in [5, 5.41) is 17.6. The van der Waals surface area contributed by atoms with Crippen LogP contribution in [0.5, 0.6) is 5.75 Å². The van der Waals surface area contributed by atoms with Gasteiger partial charge in [0.25, 0.3) is 5.91 Å². The molecule has 5 N–H and O–H groups in total. The quantitative estimate of drug-likeness (QED) is 0.0453. The summed E-state index contributed by atoms with van der Waals surface area (Å²) in [4.78, 5) is 101. The molecule has 1 fully saturated rings. The summed E-state index contributed by atoms with van der Waals surface area (Å²) in [5.74, 6) is -4.10. The molecular weight excluding hydrogens is 847 g/mol. The van der Waals surface area contributed by atoms with Gasteiger partial charge in [-0.05, 0) is 74.7 Å². The van der Waals surface area contributed by atoms with Crippen molar-refractivity contribution in [3.63, 3.8) is 0 Å². The van der Waals surface area contributed by atoms with E-state index >= 15 is 0 Å². The maximum Gasteiger partial charge on any atom is 0.425 e. The van der Waals surface area contributed by atoms with Crippen molar-refractivity contribution in [2.75, 3.05) is 27.4 Å². The van der Waals surface area contributed by atoms with Crippen molar-refractivity contribution < 1.29 is 52.9 Å². The van der Waals surface area contributed by atoms with Gasteiger partial charge in [0.15, 0.2) is 12.8 Å². The fraction of sp³-hybridized carbons (Fsp3) is 0.644. The van der Waals surface area contributed by atoms with Gasteiger partial charge in [-0.25, -0.2) is 15.2 Å². The summed E-state index contributed by atoms with van der Waals surface area (Å²) in [6.07, 6.45) is 1.78. The third-order valence-corrected chi connectivity index (χ3v) is 12.3. The van der Waals surface area contributed by atoms with Crippen molar-refractivity contribution in [2.24, 2.45) is 23.7 Å². The lowest BCUT2D eigenvalue weighted by Gasteiger charge is -2.39. The van der Waals surface area contributed by atoms with Crippen molar-refractivity contribution in [1.82, 2.24) is 36.3 Å². The van der Waals surface area contributed by atoms with Gasteiger partial charge in [0, 0.05) is 43.1 Å². The number of benzene rings is 1. The lowest BCUT2D eigenvalue weighted by molar-refractivity contribution is -0.161. The van der Waals surface area contributed by atoms with Gasteiger partial charge in [-0.2, -0.15) is 0 Å². The topological polar surface area (TPSA) is 235 Å². The van der Waals surface area contributed by atoms with Crippen LogP contribution >= 0.6 is 11.3 Å². The number of methoxy groups -OCH3 is 1. The van der Waals surface area contributed by atoms with E-state index in [-0.39, 0.29) is 65.8 Å². The second-order valence-electron chi connectivity index (χ2n) is 17.4. The van der Waals surface area contributed by atoms with E-state index < -0.39 is 78.7 Å². The number of nitrogens with zero attached hydrogens (tertiary/aromatic N) is 3. The molecule has 1 unspecified atom stereocenters. The summed E-state index contributed by atoms with van der Waals surface area (Å²) in [6.45, 7) is 14.6. The zero-order valence-corrected chi connectivity index (χ0v) is 39.8. The lowest BCUT2D eigenvalue weighted by atomic mass is 9.92. The number of rotatable bonds is 22. The number of hydrogen-bond acceptors (Lipinski definition) is 14. The molecule has 356 valence electrons. The first kappa shape index (κ1) is 53.0. The van der Waals surface area contributed by atoms with Crippen molar-refractivity contribution in [3.05, 3.63) is 45.9 Å². The Bertz CT molecular complexity index is 1870. The minimum atomic E-state index is -1.04. The first-order valence-corrected chi connectivity index (χ1v) is 22.9. The third kappa shape index (κ3) is 16.7. The normalized spacial score (nSPS) is 16.9. The molecule has 18 nitrogen and oxygen atoms in total. The van der Waals surface area contributed by atoms with Crippen molar-refractivity contribution in [1.29, 1.82) is 0 Å². The highest BCUT2D eigenvalue weighted by Crippen LogP contribution is 2.32. The Hall–Kier alpha value is -5.30.